The third-order valence-corrected chi connectivity index (χ3v) is 5.54. The van der Waals surface area contributed by atoms with Gasteiger partial charge in [0.1, 0.15) is 11.5 Å². The lowest BCUT2D eigenvalue weighted by atomic mass is 9.85. The number of carbonyl (C=O) groups excluding carboxylic acids is 1. The number of carbonyl (C=O) groups is 1. The van der Waals surface area contributed by atoms with E-state index in [1.165, 1.54) is 24.3 Å². The van der Waals surface area contributed by atoms with Gasteiger partial charge in [-0.3, -0.25) is 4.79 Å². The highest BCUT2D eigenvalue weighted by Crippen LogP contribution is 2.28. The molecule has 3 rings (SSSR count). The number of piperidine rings is 1. The van der Waals surface area contributed by atoms with Crippen molar-refractivity contribution in [2.24, 2.45) is 0 Å². The second kappa shape index (κ2) is 9.70. The van der Waals surface area contributed by atoms with Crippen LogP contribution >= 0.6 is 0 Å². The molecule has 168 valence electrons. The summed E-state index contributed by atoms with van der Waals surface area (Å²) in [7, 11) is 0. The summed E-state index contributed by atoms with van der Waals surface area (Å²) in [6.45, 7) is 2.14. The van der Waals surface area contributed by atoms with Crippen molar-refractivity contribution >= 4 is 5.78 Å². The molecule has 2 aromatic carbocycles. The van der Waals surface area contributed by atoms with Crippen LogP contribution < -0.4 is 4.74 Å². The number of halogens is 3. The summed E-state index contributed by atoms with van der Waals surface area (Å²) in [5.74, 6) is -0.116. The van der Waals surface area contributed by atoms with Crippen LogP contribution in [0.4, 0.5) is 13.2 Å². The number of phenolic OH excluding ortho intramolecular Hbond substituents is 1. The zero-order valence-corrected chi connectivity index (χ0v) is 17.1. The third kappa shape index (κ3) is 7.25. The average molecular weight is 437 g/mol. The van der Waals surface area contributed by atoms with Gasteiger partial charge >= 0.3 is 6.36 Å². The number of ether oxygens (including phenoxy) is 1. The molecule has 0 aromatic heterocycles. The van der Waals surface area contributed by atoms with Gasteiger partial charge in [-0.05, 0) is 67.8 Å². The van der Waals surface area contributed by atoms with Crippen molar-refractivity contribution < 1.29 is 32.9 Å². The van der Waals surface area contributed by atoms with Crippen LogP contribution in [0.5, 0.6) is 11.5 Å². The first kappa shape index (κ1) is 23.1. The Morgan fingerprint density at radius 1 is 1.03 bits per heavy atom. The number of hydrogen-bond acceptors (Lipinski definition) is 5. The fraction of sp³-hybridized carbons (Fsp3) is 0.435. The highest BCUT2D eigenvalue weighted by atomic mass is 19.4. The van der Waals surface area contributed by atoms with Crippen LogP contribution in [0.1, 0.15) is 41.6 Å². The normalized spacial score (nSPS) is 16.8. The van der Waals surface area contributed by atoms with Crippen LogP contribution in [0.2, 0.25) is 0 Å². The molecule has 2 aromatic rings. The number of phenols is 1. The molecule has 8 heteroatoms. The first-order valence-electron chi connectivity index (χ1n) is 10.2. The van der Waals surface area contributed by atoms with E-state index in [4.69, 9.17) is 0 Å². The fourth-order valence-electron chi connectivity index (χ4n) is 3.81. The first-order chi connectivity index (χ1) is 14.6. The molecule has 0 spiro atoms. The van der Waals surface area contributed by atoms with E-state index in [1.54, 1.807) is 24.3 Å². The number of aromatic hydroxyl groups is 1. The maximum Gasteiger partial charge on any atom is 0.573 e. The molecule has 1 heterocycles. The maximum atomic E-state index is 12.3. The summed E-state index contributed by atoms with van der Waals surface area (Å²) < 4.78 is 40.6. The molecule has 31 heavy (non-hydrogen) atoms. The van der Waals surface area contributed by atoms with Gasteiger partial charge in [0.05, 0.1) is 5.60 Å². The Hall–Kier alpha value is -2.58. The zero-order chi connectivity index (χ0) is 22.5. The van der Waals surface area contributed by atoms with E-state index >= 15 is 0 Å². The van der Waals surface area contributed by atoms with Crippen LogP contribution in [0.25, 0.3) is 0 Å². The van der Waals surface area contributed by atoms with Gasteiger partial charge < -0.3 is 19.8 Å². The maximum absolute atomic E-state index is 12.3. The van der Waals surface area contributed by atoms with Crippen LogP contribution in [0.15, 0.2) is 48.5 Å². The van der Waals surface area contributed by atoms with Gasteiger partial charge in [0.15, 0.2) is 5.78 Å². The van der Waals surface area contributed by atoms with Crippen molar-refractivity contribution in [3.8, 4) is 11.5 Å². The Bertz CT molecular complexity index is 858. The first-order valence-corrected chi connectivity index (χ1v) is 10.2. The van der Waals surface area contributed by atoms with E-state index < -0.39 is 12.0 Å². The second-order valence-electron chi connectivity index (χ2n) is 8.01. The number of Topliss-reactive ketones (excluding diaryl/α,β-unsaturated/α-hetero) is 1. The monoisotopic (exact) mass is 437 g/mol. The van der Waals surface area contributed by atoms with Crippen molar-refractivity contribution in [2.75, 3.05) is 19.6 Å². The second-order valence-corrected chi connectivity index (χ2v) is 8.01. The molecule has 1 fully saturated rings. The number of alkyl halides is 3. The van der Waals surface area contributed by atoms with Crippen molar-refractivity contribution in [3.63, 3.8) is 0 Å². The molecule has 0 amide bonds. The fourth-order valence-corrected chi connectivity index (χ4v) is 3.81. The minimum absolute atomic E-state index is 0.0338. The topological polar surface area (TPSA) is 70.0 Å². The van der Waals surface area contributed by atoms with Crippen molar-refractivity contribution in [3.05, 3.63) is 59.7 Å². The molecule has 2 N–H and O–H groups in total. The van der Waals surface area contributed by atoms with Gasteiger partial charge in [-0.1, -0.05) is 12.1 Å². The lowest BCUT2D eigenvalue weighted by molar-refractivity contribution is -0.274. The van der Waals surface area contributed by atoms with Crippen LogP contribution in [-0.4, -0.2) is 52.5 Å². The molecule has 1 saturated heterocycles. The Morgan fingerprint density at radius 3 is 2.23 bits per heavy atom. The smallest absolute Gasteiger partial charge is 0.508 e. The van der Waals surface area contributed by atoms with Crippen molar-refractivity contribution in [1.82, 2.24) is 4.90 Å². The average Bonchev–Trinajstić information content (AvgIpc) is 2.70. The molecule has 1 aliphatic rings. The number of ketones is 1. The van der Waals surface area contributed by atoms with E-state index in [0.29, 0.717) is 50.8 Å². The van der Waals surface area contributed by atoms with E-state index in [9.17, 15) is 28.2 Å². The SMILES string of the molecule is O=C(CCCN1CCC(O)(Cc2ccc(OC(F)(F)F)cc2)CC1)c1ccc(O)cc1. The number of hydrogen-bond donors (Lipinski definition) is 2. The summed E-state index contributed by atoms with van der Waals surface area (Å²) in [6.07, 6.45) is -2.12. The van der Waals surface area contributed by atoms with Crippen molar-refractivity contribution in [1.29, 1.82) is 0 Å². The molecule has 5 nitrogen and oxygen atoms in total. The molecule has 1 aliphatic heterocycles. The quantitative estimate of drug-likeness (QED) is 0.602. The van der Waals surface area contributed by atoms with Crippen molar-refractivity contribution in [2.45, 2.75) is 44.1 Å². The molecular weight excluding hydrogens is 411 g/mol. The number of rotatable bonds is 8. The minimum atomic E-state index is -4.72. The molecule has 0 aliphatic carbocycles. The molecule has 0 atom stereocenters. The van der Waals surface area contributed by atoms with E-state index in [2.05, 4.69) is 9.64 Å². The number of nitrogens with zero attached hydrogens (tertiary/aromatic N) is 1. The van der Waals surface area contributed by atoms with Gasteiger partial charge in [-0.25, -0.2) is 0 Å². The molecular formula is C23H26F3NO4. The Labute approximate surface area is 179 Å². The number of aliphatic hydroxyl groups is 1. The molecule has 0 radical (unpaired) electrons. The van der Waals surface area contributed by atoms with Gasteiger partial charge in [-0.2, -0.15) is 0 Å². The largest absolute Gasteiger partial charge is 0.573 e. The molecule has 0 saturated carbocycles. The number of likely N-dealkylation sites (tertiary alicyclic amines) is 1. The standard InChI is InChI=1S/C23H26F3NO4/c24-23(25,26)31-20-9-3-17(4-10-20)16-22(30)11-14-27(15-12-22)13-1-2-21(29)18-5-7-19(28)8-6-18/h3-10,28,30H,1-2,11-16H2. The lowest BCUT2D eigenvalue weighted by Gasteiger charge is -2.38. The predicted molar refractivity (Wildman–Crippen MR) is 109 cm³/mol. The number of benzene rings is 2. The zero-order valence-electron chi connectivity index (χ0n) is 17.1. The Balaban J connectivity index is 1.41. The third-order valence-electron chi connectivity index (χ3n) is 5.54. The summed E-state index contributed by atoms with van der Waals surface area (Å²) in [5.41, 5.74) is 0.438. The van der Waals surface area contributed by atoms with Gasteiger partial charge in [-0.15, -0.1) is 13.2 Å². The van der Waals surface area contributed by atoms with E-state index in [0.717, 1.165) is 12.1 Å². The van der Waals surface area contributed by atoms with E-state index in [-0.39, 0.29) is 17.3 Å². The summed E-state index contributed by atoms with van der Waals surface area (Å²) in [4.78, 5) is 14.4. The highest BCUT2D eigenvalue weighted by Gasteiger charge is 2.33. The van der Waals surface area contributed by atoms with Gasteiger partial charge in [0.25, 0.3) is 0 Å². The summed E-state index contributed by atoms with van der Waals surface area (Å²) >= 11 is 0. The van der Waals surface area contributed by atoms with Crippen LogP contribution in [0.3, 0.4) is 0 Å². The van der Waals surface area contributed by atoms with E-state index in [1.807, 2.05) is 0 Å². The summed E-state index contributed by atoms with van der Waals surface area (Å²) in [5, 5.41) is 20.2. The van der Waals surface area contributed by atoms with Crippen LogP contribution in [0, 0.1) is 0 Å². The summed E-state index contributed by atoms with van der Waals surface area (Å²) in [6, 6.07) is 11.8. The minimum Gasteiger partial charge on any atom is -0.508 e. The predicted octanol–water partition coefficient (Wildman–Crippen LogP) is 4.32. The lowest BCUT2D eigenvalue weighted by Crippen LogP contribution is -2.45. The molecule has 0 bridgehead atoms. The molecule has 0 unspecified atom stereocenters. The van der Waals surface area contributed by atoms with Crippen LogP contribution in [-0.2, 0) is 6.42 Å². The Morgan fingerprint density at radius 2 is 1.65 bits per heavy atom. The highest BCUT2D eigenvalue weighted by molar-refractivity contribution is 5.96. The van der Waals surface area contributed by atoms with Gasteiger partial charge in [0.2, 0.25) is 0 Å². The van der Waals surface area contributed by atoms with Gasteiger partial charge in [0, 0.05) is 31.5 Å². The Kier molecular flexibility index (Phi) is 7.23.